The van der Waals surface area contributed by atoms with Crippen molar-refractivity contribution >= 4 is 17.6 Å². The molecule has 0 saturated heterocycles. The van der Waals surface area contributed by atoms with Crippen LogP contribution in [-0.4, -0.2) is 26.0 Å². The first kappa shape index (κ1) is 13.1. The Morgan fingerprint density at radius 3 is 2.85 bits per heavy atom. The van der Waals surface area contributed by atoms with Gasteiger partial charge in [-0.05, 0) is 56.0 Å². The first-order valence-electron chi connectivity index (χ1n) is 6.57. The van der Waals surface area contributed by atoms with E-state index in [0.717, 1.165) is 29.4 Å². The number of amidine groups is 1. The molecule has 0 amide bonds. The van der Waals surface area contributed by atoms with Gasteiger partial charge in [-0.2, -0.15) is 0 Å². The number of aromatic amines is 1. The SMILES string of the molecule is Cc1nc(Sc2nc3c(cc2C(=N)N)CCCC3)n[nH]1. The molecule has 0 unspecified atom stereocenters. The van der Waals surface area contributed by atoms with Crippen LogP contribution < -0.4 is 5.73 Å². The molecular formula is C13H16N6S. The number of pyridine rings is 1. The number of nitrogens with two attached hydrogens (primary N) is 1. The predicted octanol–water partition coefficient (Wildman–Crippen LogP) is 1.82. The number of nitrogens with one attached hydrogen (secondary N) is 2. The molecule has 4 N–H and O–H groups in total. The lowest BCUT2D eigenvalue weighted by atomic mass is 9.95. The van der Waals surface area contributed by atoms with E-state index >= 15 is 0 Å². The van der Waals surface area contributed by atoms with E-state index in [1.54, 1.807) is 0 Å². The van der Waals surface area contributed by atoms with Crippen LogP contribution in [-0.2, 0) is 12.8 Å². The van der Waals surface area contributed by atoms with Crippen LogP contribution in [0.2, 0.25) is 0 Å². The monoisotopic (exact) mass is 288 g/mol. The van der Waals surface area contributed by atoms with Crippen LogP contribution in [0.1, 0.15) is 35.5 Å². The molecule has 2 heterocycles. The van der Waals surface area contributed by atoms with E-state index in [1.807, 2.05) is 13.0 Å². The van der Waals surface area contributed by atoms with Crippen LogP contribution in [0.5, 0.6) is 0 Å². The van der Waals surface area contributed by atoms with Gasteiger partial charge in [-0.3, -0.25) is 10.5 Å². The molecule has 1 aliphatic carbocycles. The number of hydrogen-bond donors (Lipinski definition) is 3. The summed E-state index contributed by atoms with van der Waals surface area (Å²) in [6, 6.07) is 2.01. The highest BCUT2D eigenvalue weighted by Crippen LogP contribution is 2.30. The van der Waals surface area contributed by atoms with E-state index in [0.29, 0.717) is 10.7 Å². The molecule has 0 spiro atoms. The highest BCUT2D eigenvalue weighted by Gasteiger charge is 2.18. The largest absolute Gasteiger partial charge is 0.384 e. The lowest BCUT2D eigenvalue weighted by Gasteiger charge is -2.17. The summed E-state index contributed by atoms with van der Waals surface area (Å²) in [5.41, 5.74) is 8.71. The summed E-state index contributed by atoms with van der Waals surface area (Å²) < 4.78 is 0. The second kappa shape index (κ2) is 5.24. The van der Waals surface area contributed by atoms with Crippen LogP contribution >= 0.6 is 11.8 Å². The topological polar surface area (TPSA) is 104 Å². The van der Waals surface area contributed by atoms with Crippen molar-refractivity contribution < 1.29 is 0 Å². The van der Waals surface area contributed by atoms with Crippen molar-refractivity contribution in [3.05, 3.63) is 28.7 Å². The number of aryl methyl sites for hydroxylation is 3. The second-order valence-electron chi connectivity index (χ2n) is 4.87. The van der Waals surface area contributed by atoms with E-state index in [9.17, 15) is 0 Å². The molecule has 3 rings (SSSR count). The summed E-state index contributed by atoms with van der Waals surface area (Å²) in [6.45, 7) is 1.85. The molecule has 1 aliphatic rings. The first-order valence-corrected chi connectivity index (χ1v) is 7.39. The van der Waals surface area contributed by atoms with Gasteiger partial charge in [0.1, 0.15) is 16.7 Å². The Morgan fingerprint density at radius 1 is 1.35 bits per heavy atom. The number of nitrogen functional groups attached to an aromatic ring is 1. The van der Waals surface area contributed by atoms with Crippen molar-refractivity contribution in [2.75, 3.05) is 0 Å². The normalized spacial score (nSPS) is 14.1. The maximum absolute atomic E-state index is 7.74. The number of rotatable bonds is 3. The van der Waals surface area contributed by atoms with Crippen LogP contribution in [0.25, 0.3) is 0 Å². The van der Waals surface area contributed by atoms with Gasteiger partial charge in [-0.1, -0.05) is 0 Å². The molecule has 0 fully saturated rings. The van der Waals surface area contributed by atoms with Crippen molar-refractivity contribution in [2.24, 2.45) is 5.73 Å². The van der Waals surface area contributed by atoms with Gasteiger partial charge in [0, 0.05) is 11.3 Å². The van der Waals surface area contributed by atoms with E-state index in [-0.39, 0.29) is 5.84 Å². The quantitative estimate of drug-likeness (QED) is 0.590. The fourth-order valence-electron chi connectivity index (χ4n) is 2.34. The van der Waals surface area contributed by atoms with Gasteiger partial charge < -0.3 is 5.73 Å². The molecular weight excluding hydrogens is 272 g/mol. The standard InChI is InChI=1S/C13H16N6S/c1-7-16-13(19-18-7)20-12-9(11(14)15)6-8-4-2-3-5-10(8)17-12/h6H,2-5H2,1H3,(H3,14,15)(H,16,18,19). The molecule has 0 bridgehead atoms. The first-order chi connectivity index (χ1) is 9.63. The minimum Gasteiger partial charge on any atom is -0.384 e. The van der Waals surface area contributed by atoms with E-state index in [2.05, 4.69) is 20.2 Å². The molecule has 0 radical (unpaired) electrons. The highest BCUT2D eigenvalue weighted by atomic mass is 32.2. The summed E-state index contributed by atoms with van der Waals surface area (Å²) in [5.74, 6) is 0.801. The third-order valence-corrected chi connectivity index (χ3v) is 4.19. The van der Waals surface area contributed by atoms with Crippen molar-refractivity contribution in [2.45, 2.75) is 42.8 Å². The van der Waals surface area contributed by atoms with Crippen LogP contribution in [0, 0.1) is 12.3 Å². The maximum atomic E-state index is 7.74. The molecule has 2 aromatic rings. The van der Waals surface area contributed by atoms with Crippen molar-refractivity contribution in [3.63, 3.8) is 0 Å². The van der Waals surface area contributed by atoms with Gasteiger partial charge in [-0.25, -0.2) is 9.97 Å². The number of hydrogen-bond acceptors (Lipinski definition) is 5. The Labute approximate surface area is 121 Å². The van der Waals surface area contributed by atoms with E-state index in [1.165, 1.54) is 30.2 Å². The molecule has 20 heavy (non-hydrogen) atoms. The summed E-state index contributed by atoms with van der Waals surface area (Å²) in [6.07, 6.45) is 4.36. The minimum atomic E-state index is 0.0423. The molecule has 104 valence electrons. The Hall–Kier alpha value is -1.89. The average molecular weight is 288 g/mol. The Morgan fingerprint density at radius 2 is 2.15 bits per heavy atom. The Kier molecular flexibility index (Phi) is 3.43. The number of nitrogens with zero attached hydrogens (tertiary/aromatic N) is 3. The fourth-order valence-corrected chi connectivity index (χ4v) is 3.22. The average Bonchev–Trinajstić information content (AvgIpc) is 2.83. The van der Waals surface area contributed by atoms with Gasteiger partial charge in [0.15, 0.2) is 0 Å². The van der Waals surface area contributed by atoms with Crippen LogP contribution in [0.3, 0.4) is 0 Å². The number of H-pyrrole nitrogens is 1. The third kappa shape index (κ3) is 2.53. The van der Waals surface area contributed by atoms with E-state index in [4.69, 9.17) is 11.1 Å². The molecule has 0 aromatic carbocycles. The molecule has 7 heteroatoms. The summed E-state index contributed by atoms with van der Waals surface area (Å²) in [4.78, 5) is 8.95. The smallest absolute Gasteiger partial charge is 0.214 e. The van der Waals surface area contributed by atoms with Gasteiger partial charge in [0.05, 0.1) is 0 Å². The van der Waals surface area contributed by atoms with Gasteiger partial charge in [0.2, 0.25) is 5.16 Å². The van der Waals surface area contributed by atoms with Gasteiger partial charge in [-0.15, -0.1) is 5.10 Å². The highest BCUT2D eigenvalue weighted by molar-refractivity contribution is 7.99. The number of fused-ring (bicyclic) bond motifs is 1. The summed E-state index contributed by atoms with van der Waals surface area (Å²) in [7, 11) is 0. The Bertz CT molecular complexity index is 663. The molecule has 6 nitrogen and oxygen atoms in total. The number of aromatic nitrogens is 4. The van der Waals surface area contributed by atoms with Crippen LogP contribution in [0.4, 0.5) is 0 Å². The van der Waals surface area contributed by atoms with Gasteiger partial charge >= 0.3 is 0 Å². The Balaban J connectivity index is 2.01. The zero-order valence-electron chi connectivity index (χ0n) is 11.2. The van der Waals surface area contributed by atoms with E-state index < -0.39 is 0 Å². The summed E-state index contributed by atoms with van der Waals surface area (Å²) >= 11 is 1.35. The predicted molar refractivity (Wildman–Crippen MR) is 77.1 cm³/mol. The van der Waals surface area contributed by atoms with Crippen molar-refractivity contribution in [1.82, 2.24) is 20.2 Å². The lowest BCUT2D eigenvalue weighted by Crippen LogP contribution is -2.16. The third-order valence-electron chi connectivity index (χ3n) is 3.32. The molecule has 0 aliphatic heterocycles. The zero-order valence-corrected chi connectivity index (χ0v) is 12.0. The molecule has 0 atom stereocenters. The maximum Gasteiger partial charge on any atom is 0.214 e. The minimum absolute atomic E-state index is 0.0423. The second-order valence-corrected chi connectivity index (χ2v) is 5.83. The summed E-state index contributed by atoms with van der Waals surface area (Å²) in [5, 5.41) is 16.0. The zero-order chi connectivity index (χ0) is 14.1. The van der Waals surface area contributed by atoms with Crippen molar-refractivity contribution in [3.8, 4) is 0 Å². The molecule has 2 aromatic heterocycles. The molecule has 0 saturated carbocycles. The van der Waals surface area contributed by atoms with Gasteiger partial charge in [0.25, 0.3) is 0 Å². The lowest BCUT2D eigenvalue weighted by molar-refractivity contribution is 0.660. The fraction of sp³-hybridized carbons (Fsp3) is 0.385. The van der Waals surface area contributed by atoms with Crippen LogP contribution in [0.15, 0.2) is 16.2 Å². The van der Waals surface area contributed by atoms with Crippen molar-refractivity contribution in [1.29, 1.82) is 5.41 Å².